The zero-order chi connectivity index (χ0) is 13.4. The molecule has 1 aromatic rings. The molecule has 1 atom stereocenters. The van der Waals surface area contributed by atoms with Crippen LogP contribution in [0.15, 0.2) is 18.2 Å². The number of carbonyl (C=O) groups is 1. The minimum Gasteiger partial charge on any atom is -0.410 e. The first-order valence-electron chi connectivity index (χ1n) is 6.26. The van der Waals surface area contributed by atoms with Crippen molar-refractivity contribution >= 4 is 6.09 Å². The lowest BCUT2D eigenvalue weighted by Gasteiger charge is -2.23. The van der Waals surface area contributed by atoms with Gasteiger partial charge in [0.2, 0.25) is 0 Å². The van der Waals surface area contributed by atoms with E-state index in [0.717, 1.165) is 5.56 Å². The standard InChI is InChI=1S/C10H11NO2.2C2H6/c1-6-3-4-9-8(5-6)7(2)11-10(12)13-9;2*1-2/h3-5,7H,1-2H3,(H,11,12);2*1-2H3. The van der Waals surface area contributed by atoms with Crippen molar-refractivity contribution in [3.05, 3.63) is 29.3 Å². The molecule has 1 heterocycles. The van der Waals surface area contributed by atoms with Gasteiger partial charge in [0.05, 0.1) is 6.04 Å². The summed E-state index contributed by atoms with van der Waals surface area (Å²) in [5.74, 6) is 0.668. The Bertz CT molecular complexity index is 361. The molecule has 1 aliphatic rings. The van der Waals surface area contributed by atoms with Crippen molar-refractivity contribution in [1.29, 1.82) is 0 Å². The van der Waals surface area contributed by atoms with Crippen molar-refractivity contribution in [3.63, 3.8) is 0 Å². The molecule has 1 aromatic carbocycles. The summed E-state index contributed by atoms with van der Waals surface area (Å²) < 4.78 is 5.01. The average molecular weight is 237 g/mol. The highest BCUT2D eigenvalue weighted by molar-refractivity contribution is 5.74. The number of nitrogens with one attached hydrogen (secondary N) is 1. The first kappa shape index (κ1) is 15.5. The summed E-state index contributed by atoms with van der Waals surface area (Å²) in [7, 11) is 0. The Morgan fingerprint density at radius 2 is 1.76 bits per heavy atom. The summed E-state index contributed by atoms with van der Waals surface area (Å²) in [6, 6.07) is 5.83. The largest absolute Gasteiger partial charge is 0.413 e. The van der Waals surface area contributed by atoms with Gasteiger partial charge in [0, 0.05) is 5.56 Å². The molecular weight excluding hydrogens is 214 g/mol. The molecule has 17 heavy (non-hydrogen) atoms. The number of fused-ring (bicyclic) bond motifs is 1. The van der Waals surface area contributed by atoms with E-state index < -0.39 is 0 Å². The normalized spacial score (nSPS) is 16.1. The van der Waals surface area contributed by atoms with Crippen LogP contribution in [0.25, 0.3) is 0 Å². The fraction of sp³-hybridized carbons (Fsp3) is 0.500. The van der Waals surface area contributed by atoms with Crippen molar-refractivity contribution in [2.45, 2.75) is 47.6 Å². The monoisotopic (exact) mass is 237 g/mol. The second kappa shape index (κ2) is 7.71. The quantitative estimate of drug-likeness (QED) is 0.734. The van der Waals surface area contributed by atoms with E-state index in [2.05, 4.69) is 5.32 Å². The topological polar surface area (TPSA) is 38.3 Å². The summed E-state index contributed by atoms with van der Waals surface area (Å²) in [5.41, 5.74) is 2.21. The Morgan fingerprint density at radius 3 is 2.35 bits per heavy atom. The molecule has 3 heteroatoms. The average Bonchev–Trinajstić information content (AvgIpc) is 2.35. The van der Waals surface area contributed by atoms with Gasteiger partial charge in [-0.25, -0.2) is 4.79 Å². The third-order valence-corrected chi connectivity index (χ3v) is 2.17. The Hall–Kier alpha value is -1.51. The molecule has 3 nitrogen and oxygen atoms in total. The third kappa shape index (κ3) is 4.10. The zero-order valence-electron chi connectivity index (χ0n) is 11.6. The highest BCUT2D eigenvalue weighted by Crippen LogP contribution is 2.29. The molecule has 2 rings (SSSR count). The molecule has 1 amide bonds. The van der Waals surface area contributed by atoms with Gasteiger partial charge in [0.15, 0.2) is 0 Å². The van der Waals surface area contributed by atoms with Gasteiger partial charge in [-0.05, 0) is 19.9 Å². The number of hydrogen-bond donors (Lipinski definition) is 1. The molecule has 96 valence electrons. The molecule has 0 radical (unpaired) electrons. The third-order valence-electron chi connectivity index (χ3n) is 2.17. The molecule has 0 aliphatic carbocycles. The van der Waals surface area contributed by atoms with E-state index in [9.17, 15) is 4.79 Å². The van der Waals surface area contributed by atoms with Crippen molar-refractivity contribution in [2.75, 3.05) is 0 Å². The van der Waals surface area contributed by atoms with Crippen LogP contribution in [-0.4, -0.2) is 6.09 Å². The Balaban J connectivity index is 0.000000581. The van der Waals surface area contributed by atoms with Gasteiger partial charge in [-0.1, -0.05) is 45.4 Å². The molecule has 0 saturated heterocycles. The first-order chi connectivity index (χ1) is 8.16. The van der Waals surface area contributed by atoms with Crippen LogP contribution in [-0.2, 0) is 0 Å². The van der Waals surface area contributed by atoms with E-state index >= 15 is 0 Å². The SMILES string of the molecule is CC.CC.Cc1ccc2c(c1)C(C)NC(=O)O2. The fourth-order valence-electron chi connectivity index (χ4n) is 1.48. The number of aryl methyl sites for hydroxylation is 1. The molecule has 0 aromatic heterocycles. The first-order valence-corrected chi connectivity index (χ1v) is 6.26. The number of amides is 1. The fourth-order valence-corrected chi connectivity index (χ4v) is 1.48. The Morgan fingerprint density at radius 1 is 1.18 bits per heavy atom. The van der Waals surface area contributed by atoms with Gasteiger partial charge < -0.3 is 10.1 Å². The van der Waals surface area contributed by atoms with Crippen molar-refractivity contribution in [2.24, 2.45) is 0 Å². The molecule has 1 N–H and O–H groups in total. The van der Waals surface area contributed by atoms with E-state index in [-0.39, 0.29) is 12.1 Å². The van der Waals surface area contributed by atoms with Gasteiger partial charge in [-0.2, -0.15) is 0 Å². The van der Waals surface area contributed by atoms with Gasteiger partial charge in [-0.3, -0.25) is 0 Å². The van der Waals surface area contributed by atoms with Crippen LogP contribution in [0, 0.1) is 6.92 Å². The molecule has 0 bridgehead atoms. The van der Waals surface area contributed by atoms with Gasteiger partial charge in [0.1, 0.15) is 5.75 Å². The van der Waals surface area contributed by atoms with Crippen LogP contribution in [0.1, 0.15) is 51.8 Å². The predicted octanol–water partition coefficient (Wildman–Crippen LogP) is 4.21. The maximum Gasteiger partial charge on any atom is 0.413 e. The summed E-state index contributed by atoms with van der Waals surface area (Å²) in [6.07, 6.45) is -0.371. The molecule has 0 fully saturated rings. The molecule has 0 spiro atoms. The maximum atomic E-state index is 11.0. The molecule has 0 saturated carbocycles. The van der Waals surface area contributed by atoms with Crippen LogP contribution in [0.5, 0.6) is 5.75 Å². The van der Waals surface area contributed by atoms with E-state index in [1.807, 2.05) is 59.7 Å². The Labute approximate surface area is 104 Å². The van der Waals surface area contributed by atoms with Gasteiger partial charge >= 0.3 is 6.09 Å². The van der Waals surface area contributed by atoms with E-state index in [1.165, 1.54) is 5.56 Å². The number of hydrogen-bond acceptors (Lipinski definition) is 2. The van der Waals surface area contributed by atoms with Gasteiger partial charge in [0.25, 0.3) is 0 Å². The second-order valence-corrected chi connectivity index (χ2v) is 3.30. The summed E-state index contributed by atoms with van der Waals surface area (Å²) >= 11 is 0. The highest BCUT2D eigenvalue weighted by atomic mass is 16.6. The van der Waals surface area contributed by atoms with E-state index in [4.69, 9.17) is 4.74 Å². The summed E-state index contributed by atoms with van der Waals surface area (Å²) in [6.45, 7) is 12.0. The minimum absolute atomic E-state index is 0.0381. The lowest BCUT2D eigenvalue weighted by Crippen LogP contribution is -2.34. The van der Waals surface area contributed by atoms with Crippen molar-refractivity contribution in [1.82, 2.24) is 5.32 Å². The summed E-state index contributed by atoms with van der Waals surface area (Å²) in [4.78, 5) is 11.0. The lowest BCUT2D eigenvalue weighted by molar-refractivity contribution is 0.190. The van der Waals surface area contributed by atoms with Crippen LogP contribution >= 0.6 is 0 Å². The van der Waals surface area contributed by atoms with E-state index in [0.29, 0.717) is 5.75 Å². The van der Waals surface area contributed by atoms with E-state index in [1.54, 1.807) is 0 Å². The lowest BCUT2D eigenvalue weighted by atomic mass is 10.0. The smallest absolute Gasteiger partial charge is 0.410 e. The van der Waals surface area contributed by atoms with Crippen molar-refractivity contribution < 1.29 is 9.53 Å². The van der Waals surface area contributed by atoms with Crippen LogP contribution in [0.3, 0.4) is 0 Å². The zero-order valence-corrected chi connectivity index (χ0v) is 11.6. The molecule has 1 unspecified atom stereocenters. The molecule has 1 aliphatic heterocycles. The van der Waals surface area contributed by atoms with Crippen LogP contribution < -0.4 is 10.1 Å². The number of carbonyl (C=O) groups excluding carboxylic acids is 1. The summed E-state index contributed by atoms with van der Waals surface area (Å²) in [5, 5.41) is 2.70. The number of ether oxygens (including phenoxy) is 1. The molecular formula is C14H23NO2. The maximum absolute atomic E-state index is 11.0. The van der Waals surface area contributed by atoms with Gasteiger partial charge in [-0.15, -0.1) is 0 Å². The van der Waals surface area contributed by atoms with Crippen LogP contribution in [0.2, 0.25) is 0 Å². The number of benzene rings is 1. The number of rotatable bonds is 0. The Kier molecular flexibility index (Phi) is 7.03. The van der Waals surface area contributed by atoms with Crippen LogP contribution in [0.4, 0.5) is 4.79 Å². The highest BCUT2D eigenvalue weighted by Gasteiger charge is 2.21. The second-order valence-electron chi connectivity index (χ2n) is 3.30. The minimum atomic E-state index is -0.371. The van der Waals surface area contributed by atoms with Crippen molar-refractivity contribution in [3.8, 4) is 5.75 Å². The predicted molar refractivity (Wildman–Crippen MR) is 71.4 cm³/mol.